The van der Waals surface area contributed by atoms with E-state index in [1.807, 2.05) is 0 Å². The third-order valence-electron chi connectivity index (χ3n) is 9.08. The molecule has 138 valence electrons. The number of hydrogen-bond acceptors (Lipinski definition) is 4. The monoisotopic (exact) mass is 346 g/mol. The van der Waals surface area contributed by atoms with Gasteiger partial charge in [0, 0.05) is 30.6 Å². The van der Waals surface area contributed by atoms with Crippen LogP contribution in [0.4, 0.5) is 0 Å². The molecule has 1 spiro atoms. The maximum absolute atomic E-state index is 12.5. The maximum atomic E-state index is 12.5. The van der Waals surface area contributed by atoms with Gasteiger partial charge in [0.15, 0.2) is 0 Å². The molecule has 0 radical (unpaired) electrons. The Balaban J connectivity index is 1.44. The van der Waals surface area contributed by atoms with Crippen LogP contribution in [-0.2, 0) is 19.1 Å². The second kappa shape index (κ2) is 4.88. The quantitative estimate of drug-likeness (QED) is 0.537. The Morgan fingerprint density at radius 1 is 1.16 bits per heavy atom. The molecule has 4 nitrogen and oxygen atoms in total. The third kappa shape index (κ3) is 1.92. The first kappa shape index (κ1) is 16.3. The van der Waals surface area contributed by atoms with Crippen molar-refractivity contribution in [3.8, 4) is 0 Å². The van der Waals surface area contributed by atoms with Crippen molar-refractivity contribution >= 4 is 11.8 Å². The van der Waals surface area contributed by atoms with E-state index in [0.717, 1.165) is 51.4 Å². The molecule has 5 fully saturated rings. The molecule has 25 heavy (non-hydrogen) atoms. The summed E-state index contributed by atoms with van der Waals surface area (Å²) in [6.07, 6.45) is 8.45. The van der Waals surface area contributed by atoms with Crippen LogP contribution in [0, 0.1) is 28.6 Å². The first-order valence-corrected chi connectivity index (χ1v) is 10.2. The van der Waals surface area contributed by atoms with E-state index >= 15 is 0 Å². The van der Waals surface area contributed by atoms with Gasteiger partial charge in [0.2, 0.25) is 0 Å². The molecule has 5 aliphatic rings. The highest BCUT2D eigenvalue weighted by molar-refractivity contribution is 5.87. The topological polar surface area (TPSA) is 55.9 Å². The van der Waals surface area contributed by atoms with Crippen LogP contribution in [0.15, 0.2) is 0 Å². The predicted octanol–water partition coefficient (Wildman–Crippen LogP) is 3.66. The number of ether oxygens (including phenoxy) is 2. The van der Waals surface area contributed by atoms with E-state index < -0.39 is 0 Å². The molecule has 8 atom stereocenters. The maximum Gasteiger partial charge on any atom is 0.302 e. The normalized spacial score (nSPS) is 56.3. The van der Waals surface area contributed by atoms with Gasteiger partial charge in [-0.25, -0.2) is 0 Å². The number of fused-ring (bicyclic) bond motifs is 4. The van der Waals surface area contributed by atoms with Crippen molar-refractivity contribution in [2.24, 2.45) is 28.6 Å². The lowest BCUT2D eigenvalue weighted by molar-refractivity contribution is -0.157. The fraction of sp³-hybridized carbons (Fsp3) is 0.905. The molecule has 0 aromatic carbocycles. The Bertz CT molecular complexity index is 644. The van der Waals surface area contributed by atoms with Gasteiger partial charge in [-0.2, -0.15) is 0 Å². The molecule has 0 unspecified atom stereocenters. The van der Waals surface area contributed by atoms with Crippen LogP contribution >= 0.6 is 0 Å². The summed E-state index contributed by atoms with van der Waals surface area (Å²) in [4.78, 5) is 23.9. The first-order chi connectivity index (χ1) is 11.8. The number of epoxide rings is 1. The second-order valence-corrected chi connectivity index (χ2v) is 9.92. The van der Waals surface area contributed by atoms with E-state index in [1.165, 1.54) is 6.92 Å². The highest BCUT2D eigenvalue weighted by atomic mass is 16.6. The summed E-state index contributed by atoms with van der Waals surface area (Å²) in [5.41, 5.74) is 0.0500. The highest BCUT2D eigenvalue weighted by Gasteiger charge is 2.76. The molecule has 1 heterocycles. The van der Waals surface area contributed by atoms with E-state index in [1.54, 1.807) is 0 Å². The third-order valence-corrected chi connectivity index (χ3v) is 9.08. The van der Waals surface area contributed by atoms with Gasteiger partial charge in [-0.1, -0.05) is 13.8 Å². The molecule has 4 saturated carbocycles. The van der Waals surface area contributed by atoms with Crippen molar-refractivity contribution in [1.82, 2.24) is 0 Å². The number of esters is 1. The van der Waals surface area contributed by atoms with Gasteiger partial charge < -0.3 is 9.47 Å². The molecule has 1 saturated heterocycles. The van der Waals surface area contributed by atoms with Crippen LogP contribution in [-0.4, -0.2) is 29.6 Å². The Morgan fingerprint density at radius 3 is 2.72 bits per heavy atom. The summed E-state index contributed by atoms with van der Waals surface area (Å²) in [5.74, 6) is 2.19. The average Bonchev–Trinajstić information content (AvgIpc) is 3.15. The lowest BCUT2D eigenvalue weighted by Gasteiger charge is -2.58. The van der Waals surface area contributed by atoms with Crippen molar-refractivity contribution in [1.29, 1.82) is 0 Å². The predicted molar refractivity (Wildman–Crippen MR) is 91.8 cm³/mol. The van der Waals surface area contributed by atoms with Crippen molar-refractivity contribution in [3.63, 3.8) is 0 Å². The van der Waals surface area contributed by atoms with Gasteiger partial charge in [0.05, 0.1) is 6.10 Å². The molecule has 5 rings (SSSR count). The molecule has 0 bridgehead atoms. The van der Waals surface area contributed by atoms with E-state index in [0.29, 0.717) is 29.6 Å². The van der Waals surface area contributed by atoms with Crippen LogP contribution in [0.2, 0.25) is 0 Å². The van der Waals surface area contributed by atoms with Crippen molar-refractivity contribution < 1.29 is 19.1 Å². The largest absolute Gasteiger partial charge is 0.462 e. The minimum atomic E-state index is -0.172. The van der Waals surface area contributed by atoms with E-state index in [4.69, 9.17) is 9.47 Å². The summed E-state index contributed by atoms with van der Waals surface area (Å²) in [7, 11) is 0. The molecule has 4 heteroatoms. The molecule has 0 aromatic heterocycles. The zero-order valence-corrected chi connectivity index (χ0v) is 15.7. The fourth-order valence-electron chi connectivity index (χ4n) is 7.75. The second-order valence-electron chi connectivity index (χ2n) is 9.92. The molecule has 0 aromatic rings. The number of ketones is 1. The van der Waals surface area contributed by atoms with Gasteiger partial charge in [-0.05, 0) is 56.3 Å². The zero-order chi connectivity index (χ0) is 17.6. The Hall–Kier alpha value is -0.900. The van der Waals surface area contributed by atoms with Crippen molar-refractivity contribution in [2.75, 3.05) is 0 Å². The van der Waals surface area contributed by atoms with Crippen LogP contribution < -0.4 is 0 Å². The summed E-state index contributed by atoms with van der Waals surface area (Å²) in [6.45, 7) is 6.18. The van der Waals surface area contributed by atoms with Gasteiger partial charge in [-0.3, -0.25) is 9.59 Å². The molecule has 0 amide bonds. The van der Waals surface area contributed by atoms with E-state index in [2.05, 4.69) is 13.8 Å². The number of hydrogen-bond donors (Lipinski definition) is 0. The Morgan fingerprint density at radius 2 is 1.96 bits per heavy atom. The van der Waals surface area contributed by atoms with Crippen LogP contribution in [0.5, 0.6) is 0 Å². The number of carbonyl (C=O) groups is 2. The summed E-state index contributed by atoms with van der Waals surface area (Å²) in [5, 5.41) is 0. The minimum absolute atomic E-state index is 0.0223. The molecule has 4 aliphatic carbocycles. The Kier molecular flexibility index (Phi) is 3.18. The van der Waals surface area contributed by atoms with Crippen molar-refractivity contribution in [3.05, 3.63) is 0 Å². The summed E-state index contributed by atoms with van der Waals surface area (Å²) >= 11 is 0. The van der Waals surface area contributed by atoms with Gasteiger partial charge in [0.25, 0.3) is 0 Å². The summed E-state index contributed by atoms with van der Waals surface area (Å²) in [6, 6.07) is 0. The standard InChI is InChI=1S/C21H30O4/c1-12(22)24-13-6-9-20(3)16-7-8-19(2)15(4-5-17(19)23)14(16)10-18-21(20,11-13)25-18/h13-16,18H,4-11H2,1-3H3/t13-,14+,15+,16+,18+,19+,20+,21-/m0/s1. The molecular weight excluding hydrogens is 316 g/mol. The van der Waals surface area contributed by atoms with Gasteiger partial charge >= 0.3 is 5.97 Å². The van der Waals surface area contributed by atoms with E-state index in [-0.39, 0.29) is 28.5 Å². The number of carbonyl (C=O) groups excluding carboxylic acids is 2. The zero-order valence-electron chi connectivity index (χ0n) is 15.7. The molecular formula is C21H30O4. The van der Waals surface area contributed by atoms with Crippen molar-refractivity contribution in [2.45, 2.75) is 89.9 Å². The van der Waals surface area contributed by atoms with E-state index in [9.17, 15) is 9.59 Å². The fourth-order valence-corrected chi connectivity index (χ4v) is 7.75. The molecule has 0 N–H and O–H groups in total. The average molecular weight is 346 g/mol. The SMILES string of the molecule is CC(=O)O[C@H]1CC[C@]2(C)[C@@H]3CC[C@@]4(C)C(=O)CC[C@@H]4[C@H]3C[C@H]3O[C@@]32C1. The van der Waals surface area contributed by atoms with Crippen LogP contribution in [0.25, 0.3) is 0 Å². The lowest BCUT2D eigenvalue weighted by atomic mass is 9.45. The Labute approximate surface area is 150 Å². The number of Topliss-reactive ketones (excluding diaryl/α,β-unsaturated/α-hetero) is 1. The smallest absolute Gasteiger partial charge is 0.302 e. The highest BCUT2D eigenvalue weighted by Crippen LogP contribution is 2.73. The lowest BCUT2D eigenvalue weighted by Crippen LogP contribution is -2.58. The number of rotatable bonds is 1. The van der Waals surface area contributed by atoms with Crippen LogP contribution in [0.1, 0.15) is 72.1 Å². The van der Waals surface area contributed by atoms with Crippen LogP contribution in [0.3, 0.4) is 0 Å². The molecule has 1 aliphatic heterocycles. The summed E-state index contributed by atoms with van der Waals surface area (Å²) < 4.78 is 12.0. The first-order valence-electron chi connectivity index (χ1n) is 10.2. The van der Waals surface area contributed by atoms with Gasteiger partial charge in [-0.15, -0.1) is 0 Å². The van der Waals surface area contributed by atoms with Gasteiger partial charge in [0.1, 0.15) is 17.5 Å². The minimum Gasteiger partial charge on any atom is -0.462 e.